The van der Waals surface area contributed by atoms with Crippen molar-refractivity contribution < 1.29 is 18.7 Å². The van der Waals surface area contributed by atoms with Crippen molar-refractivity contribution in [2.45, 2.75) is 26.8 Å². The number of carbonyl (C=O) groups excluding carboxylic acids is 2. The van der Waals surface area contributed by atoms with E-state index in [0.717, 1.165) is 6.42 Å². The van der Waals surface area contributed by atoms with Crippen LogP contribution in [0.15, 0.2) is 69.8 Å². The zero-order valence-corrected chi connectivity index (χ0v) is 21.3. The molecule has 0 saturated carbocycles. The maximum Gasteiger partial charge on any atom is 0.257 e. The van der Waals surface area contributed by atoms with Crippen LogP contribution in [0, 0.1) is 5.92 Å². The fourth-order valence-electron chi connectivity index (χ4n) is 2.96. The molecule has 0 spiro atoms. The molecule has 178 valence electrons. The standard InChI is InChI=1S/C25H26BrN3O4S/c1-16(2)11-13-33-22-10-9-17(14-20(22)26)23(30)29-25(34)28-21-8-4-3-7-19(21)24(31)27-15-18-6-5-12-32-18/h3-10,12,14,16H,11,13,15H2,1-2H3,(H,27,31)(H2,28,29,30,34). The summed E-state index contributed by atoms with van der Waals surface area (Å²) in [4.78, 5) is 25.3. The van der Waals surface area contributed by atoms with Crippen molar-refractivity contribution in [3.8, 4) is 5.75 Å². The number of anilines is 1. The van der Waals surface area contributed by atoms with E-state index in [4.69, 9.17) is 21.4 Å². The van der Waals surface area contributed by atoms with Crippen molar-refractivity contribution >= 4 is 50.8 Å². The molecule has 34 heavy (non-hydrogen) atoms. The molecule has 0 saturated heterocycles. The molecule has 0 aliphatic heterocycles. The third kappa shape index (κ3) is 7.43. The molecule has 3 aromatic rings. The number of ether oxygens (including phenoxy) is 1. The van der Waals surface area contributed by atoms with Gasteiger partial charge in [-0.2, -0.15) is 0 Å². The first-order chi connectivity index (χ1) is 16.3. The van der Waals surface area contributed by atoms with Gasteiger partial charge in [0.15, 0.2) is 5.11 Å². The first-order valence-corrected chi connectivity index (χ1v) is 12.0. The lowest BCUT2D eigenvalue weighted by Gasteiger charge is -2.14. The molecule has 7 nitrogen and oxygen atoms in total. The van der Waals surface area contributed by atoms with Gasteiger partial charge in [-0.3, -0.25) is 14.9 Å². The molecule has 2 amide bonds. The quantitative estimate of drug-likeness (QED) is 0.307. The van der Waals surface area contributed by atoms with Gasteiger partial charge in [-0.25, -0.2) is 0 Å². The number of furan rings is 1. The van der Waals surface area contributed by atoms with Gasteiger partial charge < -0.3 is 19.8 Å². The smallest absolute Gasteiger partial charge is 0.257 e. The molecule has 0 radical (unpaired) electrons. The van der Waals surface area contributed by atoms with Gasteiger partial charge in [-0.15, -0.1) is 0 Å². The second-order valence-corrected chi connectivity index (χ2v) is 9.15. The Balaban J connectivity index is 1.58. The highest BCUT2D eigenvalue weighted by Crippen LogP contribution is 2.26. The summed E-state index contributed by atoms with van der Waals surface area (Å²) in [7, 11) is 0. The molecule has 0 unspecified atom stereocenters. The molecule has 9 heteroatoms. The van der Waals surface area contributed by atoms with E-state index in [1.54, 1.807) is 60.9 Å². The molecule has 3 N–H and O–H groups in total. The van der Waals surface area contributed by atoms with Crippen LogP contribution in [-0.2, 0) is 6.54 Å². The van der Waals surface area contributed by atoms with Gasteiger partial charge in [0.2, 0.25) is 0 Å². The van der Waals surface area contributed by atoms with Crippen molar-refractivity contribution in [2.24, 2.45) is 5.92 Å². The molecular formula is C25H26BrN3O4S. The normalized spacial score (nSPS) is 10.6. The van der Waals surface area contributed by atoms with E-state index in [9.17, 15) is 9.59 Å². The summed E-state index contributed by atoms with van der Waals surface area (Å²) in [5.41, 5.74) is 1.27. The highest BCUT2D eigenvalue weighted by atomic mass is 79.9. The van der Waals surface area contributed by atoms with E-state index in [-0.39, 0.29) is 23.5 Å². The molecule has 2 aromatic carbocycles. The Hall–Kier alpha value is -3.17. The van der Waals surface area contributed by atoms with Crippen LogP contribution in [0.4, 0.5) is 5.69 Å². The summed E-state index contributed by atoms with van der Waals surface area (Å²) in [5.74, 6) is 1.18. The predicted molar refractivity (Wildman–Crippen MR) is 139 cm³/mol. The van der Waals surface area contributed by atoms with E-state index < -0.39 is 0 Å². The fourth-order valence-corrected chi connectivity index (χ4v) is 3.65. The minimum Gasteiger partial charge on any atom is -0.492 e. The summed E-state index contributed by atoms with van der Waals surface area (Å²) in [6.45, 7) is 5.13. The van der Waals surface area contributed by atoms with Gasteiger partial charge in [-0.1, -0.05) is 26.0 Å². The predicted octanol–water partition coefficient (Wildman–Crippen LogP) is 5.52. The zero-order valence-electron chi connectivity index (χ0n) is 18.9. The van der Waals surface area contributed by atoms with Crippen LogP contribution < -0.4 is 20.7 Å². The van der Waals surface area contributed by atoms with E-state index in [1.807, 2.05) is 0 Å². The van der Waals surface area contributed by atoms with E-state index in [2.05, 4.69) is 45.7 Å². The van der Waals surface area contributed by atoms with Crippen molar-refractivity contribution in [3.63, 3.8) is 0 Å². The summed E-state index contributed by atoms with van der Waals surface area (Å²) < 4.78 is 11.7. The number of amides is 2. The fraction of sp³-hybridized carbons (Fsp3) is 0.240. The number of nitrogens with one attached hydrogen (secondary N) is 3. The Morgan fingerprint density at radius 2 is 1.88 bits per heavy atom. The maximum absolute atomic E-state index is 12.7. The Morgan fingerprint density at radius 1 is 1.09 bits per heavy atom. The molecule has 1 heterocycles. The minimum absolute atomic E-state index is 0.0738. The number of hydrogen-bond donors (Lipinski definition) is 3. The van der Waals surface area contributed by atoms with E-state index in [0.29, 0.717) is 45.3 Å². The van der Waals surface area contributed by atoms with Crippen molar-refractivity contribution in [1.82, 2.24) is 10.6 Å². The number of benzene rings is 2. The van der Waals surface area contributed by atoms with Gasteiger partial charge >= 0.3 is 0 Å². The minimum atomic E-state index is -0.383. The van der Waals surface area contributed by atoms with Crippen LogP contribution in [0.5, 0.6) is 5.75 Å². The van der Waals surface area contributed by atoms with Crippen LogP contribution in [0.3, 0.4) is 0 Å². The highest BCUT2D eigenvalue weighted by Gasteiger charge is 2.15. The summed E-state index contributed by atoms with van der Waals surface area (Å²) in [6.07, 6.45) is 2.49. The Labute approximate surface area is 212 Å². The van der Waals surface area contributed by atoms with Crippen molar-refractivity contribution in [1.29, 1.82) is 0 Å². The van der Waals surface area contributed by atoms with Crippen LogP contribution in [0.2, 0.25) is 0 Å². The average molecular weight is 544 g/mol. The SMILES string of the molecule is CC(C)CCOc1ccc(C(=O)NC(=S)Nc2ccccc2C(=O)NCc2ccco2)cc1Br. The Kier molecular flexibility index (Phi) is 9.24. The lowest BCUT2D eigenvalue weighted by Crippen LogP contribution is -2.35. The molecule has 1 aromatic heterocycles. The second-order valence-electron chi connectivity index (χ2n) is 7.89. The topological polar surface area (TPSA) is 92.6 Å². The second kappa shape index (κ2) is 12.3. The number of carbonyl (C=O) groups is 2. The lowest BCUT2D eigenvalue weighted by molar-refractivity contribution is 0.0947. The monoisotopic (exact) mass is 543 g/mol. The average Bonchev–Trinajstić information content (AvgIpc) is 3.32. The third-order valence-corrected chi connectivity index (χ3v) is 5.62. The number of thiocarbonyl (C=S) groups is 1. The van der Waals surface area contributed by atoms with Crippen molar-refractivity contribution in [3.05, 3.63) is 82.2 Å². The van der Waals surface area contributed by atoms with Gasteiger partial charge in [0.1, 0.15) is 11.5 Å². The van der Waals surface area contributed by atoms with Crippen LogP contribution in [-0.4, -0.2) is 23.5 Å². The number of halogens is 1. The van der Waals surface area contributed by atoms with E-state index >= 15 is 0 Å². The first kappa shape index (κ1) is 25.5. The lowest BCUT2D eigenvalue weighted by atomic mass is 10.1. The Bertz CT molecular complexity index is 1150. The van der Waals surface area contributed by atoms with E-state index in [1.165, 1.54) is 0 Å². The molecule has 0 aliphatic carbocycles. The number of hydrogen-bond acceptors (Lipinski definition) is 5. The summed E-state index contributed by atoms with van der Waals surface area (Å²) in [6, 6.07) is 15.5. The van der Waals surface area contributed by atoms with Crippen LogP contribution in [0.1, 0.15) is 46.7 Å². The molecular weight excluding hydrogens is 518 g/mol. The number of rotatable bonds is 9. The largest absolute Gasteiger partial charge is 0.492 e. The Morgan fingerprint density at radius 3 is 2.59 bits per heavy atom. The van der Waals surface area contributed by atoms with Crippen molar-refractivity contribution in [2.75, 3.05) is 11.9 Å². The van der Waals surface area contributed by atoms with Crippen LogP contribution >= 0.6 is 28.1 Å². The van der Waals surface area contributed by atoms with Gasteiger partial charge in [-0.05, 0) is 83.0 Å². The maximum atomic E-state index is 12.7. The van der Waals surface area contributed by atoms with Gasteiger partial charge in [0, 0.05) is 5.56 Å². The summed E-state index contributed by atoms with van der Waals surface area (Å²) in [5, 5.41) is 8.44. The molecule has 3 rings (SSSR count). The third-order valence-electron chi connectivity index (χ3n) is 4.80. The zero-order chi connectivity index (χ0) is 24.5. The number of para-hydroxylation sites is 1. The van der Waals surface area contributed by atoms with Gasteiger partial charge in [0.25, 0.3) is 11.8 Å². The first-order valence-electron chi connectivity index (χ1n) is 10.8. The highest BCUT2D eigenvalue weighted by molar-refractivity contribution is 9.10. The van der Waals surface area contributed by atoms with Crippen LogP contribution in [0.25, 0.3) is 0 Å². The molecule has 0 aliphatic rings. The molecule has 0 atom stereocenters. The molecule has 0 bridgehead atoms. The van der Waals surface area contributed by atoms with Gasteiger partial charge in [0.05, 0.1) is 35.1 Å². The molecule has 0 fully saturated rings. The summed E-state index contributed by atoms with van der Waals surface area (Å²) >= 11 is 8.75.